The van der Waals surface area contributed by atoms with Gasteiger partial charge < -0.3 is 13.7 Å². The van der Waals surface area contributed by atoms with Gasteiger partial charge in [0.15, 0.2) is 0 Å². The fourth-order valence-electron chi connectivity index (χ4n) is 7.40. The summed E-state index contributed by atoms with van der Waals surface area (Å²) < 4.78 is 12.7. The van der Waals surface area contributed by atoms with E-state index in [0.29, 0.717) is 0 Å². The number of hydrogen-bond donors (Lipinski definition) is 0. The average molecular weight is 628 g/mol. The molecule has 10 rings (SSSR count). The zero-order valence-electron chi connectivity index (χ0n) is 26.5. The van der Waals surface area contributed by atoms with Crippen molar-refractivity contribution in [3.05, 3.63) is 176 Å². The van der Waals surface area contributed by atoms with E-state index < -0.39 is 0 Å². The molecule has 0 aliphatic carbocycles. The molecule has 3 nitrogen and oxygen atoms in total. The van der Waals surface area contributed by atoms with E-state index in [9.17, 15) is 0 Å². The standard InChI is InChI=1S/C46H29NO2/c1-2-12-32-29-34(28-23-30(32)11-1)47(33-26-24-31(25-27-33)35-16-9-18-39-37-14-4-7-20-42(37)49-46(35)39)41-19-6-3-13-36(41)38-17-10-22-44-45(38)40-15-5-8-21-43(40)48-44/h1-29H. The highest BCUT2D eigenvalue weighted by Crippen LogP contribution is 2.45. The zero-order valence-corrected chi connectivity index (χ0v) is 26.5. The molecule has 0 spiro atoms. The summed E-state index contributed by atoms with van der Waals surface area (Å²) in [5, 5.41) is 6.91. The fraction of sp³-hybridized carbons (Fsp3) is 0. The third-order valence-corrected chi connectivity index (χ3v) is 9.67. The van der Waals surface area contributed by atoms with Crippen molar-refractivity contribution in [3.8, 4) is 22.3 Å². The predicted molar refractivity (Wildman–Crippen MR) is 204 cm³/mol. The molecule has 0 unspecified atom stereocenters. The summed E-state index contributed by atoms with van der Waals surface area (Å²) in [4.78, 5) is 2.37. The maximum Gasteiger partial charge on any atom is 0.143 e. The van der Waals surface area contributed by atoms with Crippen LogP contribution in [0.4, 0.5) is 17.1 Å². The molecular formula is C46H29NO2. The summed E-state index contributed by atoms with van der Waals surface area (Å²) in [7, 11) is 0. The lowest BCUT2D eigenvalue weighted by atomic mass is 9.96. The number of rotatable bonds is 5. The summed E-state index contributed by atoms with van der Waals surface area (Å²) in [6.45, 7) is 0. The Balaban J connectivity index is 1.17. The molecule has 0 atom stereocenters. The Bertz CT molecular complexity index is 2840. The summed E-state index contributed by atoms with van der Waals surface area (Å²) in [6.07, 6.45) is 0. The van der Waals surface area contributed by atoms with Gasteiger partial charge in [-0.15, -0.1) is 0 Å². The number of furan rings is 2. The normalized spacial score (nSPS) is 11.7. The first-order valence-electron chi connectivity index (χ1n) is 16.6. The van der Waals surface area contributed by atoms with Crippen LogP contribution in [0.15, 0.2) is 185 Å². The zero-order chi connectivity index (χ0) is 32.3. The quantitative estimate of drug-likeness (QED) is 0.190. The van der Waals surface area contributed by atoms with Gasteiger partial charge in [0.25, 0.3) is 0 Å². The Morgan fingerprint density at radius 3 is 1.86 bits per heavy atom. The molecule has 0 N–H and O–H groups in total. The highest BCUT2D eigenvalue weighted by molar-refractivity contribution is 6.14. The van der Waals surface area contributed by atoms with Crippen molar-refractivity contribution in [1.29, 1.82) is 0 Å². The van der Waals surface area contributed by atoms with E-state index in [0.717, 1.165) is 83.2 Å². The van der Waals surface area contributed by atoms with Crippen LogP contribution in [0.3, 0.4) is 0 Å². The fourth-order valence-corrected chi connectivity index (χ4v) is 7.40. The number of nitrogens with zero attached hydrogens (tertiary/aromatic N) is 1. The number of benzene rings is 8. The topological polar surface area (TPSA) is 29.5 Å². The molecule has 0 amide bonds. The molecule has 2 aromatic heterocycles. The van der Waals surface area contributed by atoms with E-state index in [1.165, 1.54) is 10.8 Å². The van der Waals surface area contributed by atoms with Crippen molar-refractivity contribution in [2.24, 2.45) is 0 Å². The molecule has 0 bridgehead atoms. The molecule has 0 fully saturated rings. The lowest BCUT2D eigenvalue weighted by molar-refractivity contribution is 0.669. The lowest BCUT2D eigenvalue weighted by Crippen LogP contribution is -2.11. The van der Waals surface area contributed by atoms with Gasteiger partial charge >= 0.3 is 0 Å². The van der Waals surface area contributed by atoms with Crippen molar-refractivity contribution in [2.45, 2.75) is 0 Å². The number of fused-ring (bicyclic) bond motifs is 7. The summed E-state index contributed by atoms with van der Waals surface area (Å²) >= 11 is 0. The first kappa shape index (κ1) is 27.5. The summed E-state index contributed by atoms with van der Waals surface area (Å²) in [5.41, 5.74) is 11.3. The molecule has 8 aromatic carbocycles. The van der Waals surface area contributed by atoms with Crippen molar-refractivity contribution in [3.63, 3.8) is 0 Å². The first-order valence-corrected chi connectivity index (χ1v) is 16.6. The maximum absolute atomic E-state index is 6.40. The minimum absolute atomic E-state index is 0.884. The lowest BCUT2D eigenvalue weighted by Gasteiger charge is -2.28. The van der Waals surface area contributed by atoms with Crippen LogP contribution in [-0.4, -0.2) is 0 Å². The molecule has 0 saturated heterocycles. The predicted octanol–water partition coefficient (Wildman–Crippen LogP) is 13.4. The summed E-state index contributed by atoms with van der Waals surface area (Å²) in [6, 6.07) is 62.1. The van der Waals surface area contributed by atoms with Crippen LogP contribution in [0, 0.1) is 0 Å². The van der Waals surface area contributed by atoms with Gasteiger partial charge in [-0.05, 0) is 70.4 Å². The second-order valence-corrected chi connectivity index (χ2v) is 12.5. The largest absolute Gasteiger partial charge is 0.456 e. The van der Waals surface area contributed by atoms with Crippen molar-refractivity contribution in [1.82, 2.24) is 0 Å². The van der Waals surface area contributed by atoms with Crippen molar-refractivity contribution >= 4 is 71.7 Å². The van der Waals surface area contributed by atoms with E-state index in [1.807, 2.05) is 24.3 Å². The minimum atomic E-state index is 0.884. The molecule has 0 saturated carbocycles. The van der Waals surface area contributed by atoms with Gasteiger partial charge in [-0.25, -0.2) is 0 Å². The molecule has 2 heterocycles. The van der Waals surface area contributed by atoms with Crippen molar-refractivity contribution in [2.75, 3.05) is 4.90 Å². The van der Waals surface area contributed by atoms with Crippen LogP contribution in [0.5, 0.6) is 0 Å². The van der Waals surface area contributed by atoms with Crippen molar-refractivity contribution < 1.29 is 8.83 Å². The smallest absolute Gasteiger partial charge is 0.143 e. The Morgan fingerprint density at radius 1 is 0.367 bits per heavy atom. The van der Waals surface area contributed by atoms with E-state index in [4.69, 9.17) is 8.83 Å². The van der Waals surface area contributed by atoms with Crippen LogP contribution in [0.25, 0.3) is 76.9 Å². The van der Waals surface area contributed by atoms with Gasteiger partial charge in [0.1, 0.15) is 22.3 Å². The monoisotopic (exact) mass is 627 g/mol. The van der Waals surface area contributed by atoms with Crippen LogP contribution in [-0.2, 0) is 0 Å². The number of hydrogen-bond acceptors (Lipinski definition) is 3. The molecule has 230 valence electrons. The Labute approximate surface area is 282 Å². The van der Waals surface area contributed by atoms with Crippen LogP contribution >= 0.6 is 0 Å². The number of para-hydroxylation sites is 4. The van der Waals surface area contributed by atoms with Crippen LogP contribution in [0.1, 0.15) is 0 Å². The summed E-state index contributed by atoms with van der Waals surface area (Å²) in [5.74, 6) is 0. The maximum atomic E-state index is 6.40. The molecule has 49 heavy (non-hydrogen) atoms. The van der Waals surface area contributed by atoms with Gasteiger partial charge in [0.05, 0.1) is 5.69 Å². The second kappa shape index (κ2) is 11.0. The third kappa shape index (κ3) is 4.44. The van der Waals surface area contributed by atoms with Gasteiger partial charge in [0, 0.05) is 44.0 Å². The molecule has 10 aromatic rings. The van der Waals surface area contributed by atoms with Gasteiger partial charge in [-0.3, -0.25) is 0 Å². The van der Waals surface area contributed by atoms with Crippen LogP contribution in [0.2, 0.25) is 0 Å². The van der Waals surface area contributed by atoms with Crippen LogP contribution < -0.4 is 4.90 Å². The van der Waals surface area contributed by atoms with E-state index in [-0.39, 0.29) is 0 Å². The SMILES string of the molecule is c1ccc(N(c2ccc(-c3cccc4c3oc3ccccc34)cc2)c2ccc3ccccc3c2)c(-c2cccc3oc4ccccc4c23)c1. The minimum Gasteiger partial charge on any atom is -0.456 e. The third-order valence-electron chi connectivity index (χ3n) is 9.67. The highest BCUT2D eigenvalue weighted by atomic mass is 16.3. The van der Waals surface area contributed by atoms with Gasteiger partial charge in [-0.1, -0.05) is 127 Å². The van der Waals surface area contributed by atoms with Gasteiger partial charge in [-0.2, -0.15) is 0 Å². The Kier molecular flexibility index (Phi) is 6.18. The molecule has 0 aliphatic rings. The van der Waals surface area contributed by atoms with Gasteiger partial charge in [0.2, 0.25) is 0 Å². The Hall–Kier alpha value is -6.58. The molecule has 0 radical (unpaired) electrons. The highest BCUT2D eigenvalue weighted by Gasteiger charge is 2.21. The Morgan fingerprint density at radius 2 is 0.980 bits per heavy atom. The average Bonchev–Trinajstić information content (AvgIpc) is 3.74. The molecular weight excluding hydrogens is 599 g/mol. The van der Waals surface area contributed by atoms with E-state index >= 15 is 0 Å². The first-order chi connectivity index (χ1) is 24.3. The number of anilines is 3. The molecule has 0 aliphatic heterocycles. The van der Waals surface area contributed by atoms with E-state index in [2.05, 4.69) is 157 Å². The molecule has 3 heteroatoms. The van der Waals surface area contributed by atoms with E-state index in [1.54, 1.807) is 0 Å². The second-order valence-electron chi connectivity index (χ2n) is 12.5.